The van der Waals surface area contributed by atoms with Crippen molar-refractivity contribution in [1.82, 2.24) is 15.1 Å². The predicted molar refractivity (Wildman–Crippen MR) is 116 cm³/mol. The van der Waals surface area contributed by atoms with Crippen molar-refractivity contribution in [2.24, 2.45) is 4.99 Å². The summed E-state index contributed by atoms with van der Waals surface area (Å²) >= 11 is 0. The average Bonchev–Trinajstić information content (AvgIpc) is 3.23. The quantitative estimate of drug-likeness (QED) is 0.437. The number of rotatable bonds is 8. The van der Waals surface area contributed by atoms with E-state index in [1.807, 2.05) is 37.4 Å². The molecule has 0 saturated carbocycles. The van der Waals surface area contributed by atoms with E-state index in [-0.39, 0.29) is 5.82 Å². The van der Waals surface area contributed by atoms with E-state index in [0.717, 1.165) is 23.6 Å². The maximum Gasteiger partial charge on any atom is 0.195 e. The van der Waals surface area contributed by atoms with Crippen molar-refractivity contribution >= 4 is 11.6 Å². The standard InChI is InChI=1S/C22H26FN5O2/c1-4-24-22(26-18-7-10-20(29-2)21(15-18)30-3)25-13-11-17-12-14-28(27-17)19-8-5-16(23)6-9-19/h5-10,12,14-15H,4,11,13H2,1-3H3,(H2,24,25,26). The van der Waals surface area contributed by atoms with Crippen LogP contribution in [0.2, 0.25) is 0 Å². The Balaban J connectivity index is 1.63. The number of benzene rings is 2. The molecule has 0 amide bonds. The molecule has 1 heterocycles. The van der Waals surface area contributed by atoms with Crippen LogP contribution < -0.4 is 20.1 Å². The van der Waals surface area contributed by atoms with E-state index < -0.39 is 0 Å². The largest absolute Gasteiger partial charge is 0.493 e. The van der Waals surface area contributed by atoms with Crippen LogP contribution in [0.25, 0.3) is 5.69 Å². The van der Waals surface area contributed by atoms with Crippen LogP contribution in [-0.4, -0.2) is 43.0 Å². The fraction of sp³-hybridized carbons (Fsp3) is 0.273. The molecule has 0 atom stereocenters. The normalized spacial score (nSPS) is 11.3. The van der Waals surface area contributed by atoms with Crippen molar-refractivity contribution in [3.05, 3.63) is 66.2 Å². The fourth-order valence-electron chi connectivity index (χ4n) is 2.87. The molecule has 0 radical (unpaired) electrons. The molecule has 0 bridgehead atoms. The number of ether oxygens (including phenoxy) is 2. The van der Waals surface area contributed by atoms with E-state index in [1.165, 1.54) is 12.1 Å². The monoisotopic (exact) mass is 411 g/mol. The number of hydrogen-bond acceptors (Lipinski definition) is 4. The van der Waals surface area contributed by atoms with Gasteiger partial charge in [0.25, 0.3) is 0 Å². The molecule has 158 valence electrons. The molecule has 0 aliphatic carbocycles. The van der Waals surface area contributed by atoms with Gasteiger partial charge >= 0.3 is 0 Å². The molecule has 8 heteroatoms. The van der Waals surface area contributed by atoms with Gasteiger partial charge in [-0.05, 0) is 49.4 Å². The first-order valence-corrected chi connectivity index (χ1v) is 9.70. The molecular weight excluding hydrogens is 385 g/mol. The van der Waals surface area contributed by atoms with Crippen molar-refractivity contribution < 1.29 is 13.9 Å². The van der Waals surface area contributed by atoms with Crippen LogP contribution in [-0.2, 0) is 6.42 Å². The highest BCUT2D eigenvalue weighted by Gasteiger charge is 2.07. The minimum absolute atomic E-state index is 0.265. The van der Waals surface area contributed by atoms with E-state index >= 15 is 0 Å². The SMILES string of the molecule is CCNC(=NCCc1ccn(-c2ccc(F)cc2)n1)Nc1ccc(OC)c(OC)c1. The smallest absolute Gasteiger partial charge is 0.195 e. The van der Waals surface area contributed by atoms with Gasteiger partial charge in [0, 0.05) is 37.5 Å². The second-order valence-electron chi connectivity index (χ2n) is 6.43. The van der Waals surface area contributed by atoms with Gasteiger partial charge in [0.2, 0.25) is 0 Å². The number of aromatic nitrogens is 2. The molecule has 30 heavy (non-hydrogen) atoms. The summed E-state index contributed by atoms with van der Waals surface area (Å²) in [5.74, 6) is 1.72. The number of hydrogen-bond donors (Lipinski definition) is 2. The molecule has 3 rings (SSSR count). The molecular formula is C22H26FN5O2. The van der Waals surface area contributed by atoms with E-state index in [4.69, 9.17) is 9.47 Å². The van der Waals surface area contributed by atoms with E-state index in [2.05, 4.69) is 20.7 Å². The summed E-state index contributed by atoms with van der Waals surface area (Å²) in [6, 6.07) is 13.8. The van der Waals surface area contributed by atoms with Gasteiger partial charge in [-0.1, -0.05) is 0 Å². The summed E-state index contributed by atoms with van der Waals surface area (Å²) in [6.07, 6.45) is 2.54. The summed E-state index contributed by atoms with van der Waals surface area (Å²) in [5.41, 5.74) is 2.56. The molecule has 0 aliphatic heterocycles. The minimum Gasteiger partial charge on any atom is -0.493 e. The molecule has 0 fully saturated rings. The second kappa shape index (κ2) is 10.3. The predicted octanol–water partition coefficient (Wildman–Crippen LogP) is 3.65. The van der Waals surface area contributed by atoms with Crippen molar-refractivity contribution in [3.63, 3.8) is 0 Å². The molecule has 1 aromatic heterocycles. The molecule has 0 spiro atoms. The Morgan fingerprint density at radius 3 is 2.53 bits per heavy atom. The van der Waals surface area contributed by atoms with Crippen molar-refractivity contribution in [2.45, 2.75) is 13.3 Å². The summed E-state index contributed by atoms with van der Waals surface area (Å²) in [6.45, 7) is 3.30. The highest BCUT2D eigenvalue weighted by atomic mass is 19.1. The van der Waals surface area contributed by atoms with Gasteiger partial charge in [-0.25, -0.2) is 9.07 Å². The Morgan fingerprint density at radius 2 is 1.83 bits per heavy atom. The Kier molecular flexibility index (Phi) is 7.26. The summed E-state index contributed by atoms with van der Waals surface area (Å²) < 4.78 is 25.4. The van der Waals surface area contributed by atoms with E-state index in [0.29, 0.717) is 30.4 Å². The van der Waals surface area contributed by atoms with Crippen LogP contribution in [0.3, 0.4) is 0 Å². The zero-order chi connectivity index (χ0) is 21.3. The van der Waals surface area contributed by atoms with Crippen LogP contribution in [0.4, 0.5) is 10.1 Å². The topological polar surface area (TPSA) is 72.7 Å². The number of guanidine groups is 1. The van der Waals surface area contributed by atoms with Crippen LogP contribution in [0.5, 0.6) is 11.5 Å². The maximum absolute atomic E-state index is 13.1. The maximum atomic E-state index is 13.1. The third-order valence-electron chi connectivity index (χ3n) is 4.36. The summed E-state index contributed by atoms with van der Waals surface area (Å²) in [7, 11) is 3.21. The first-order chi connectivity index (χ1) is 14.6. The lowest BCUT2D eigenvalue weighted by Crippen LogP contribution is -2.30. The number of aliphatic imine (C=N–C) groups is 1. The Labute approximate surface area is 175 Å². The number of nitrogens with zero attached hydrogens (tertiary/aromatic N) is 3. The lowest BCUT2D eigenvalue weighted by atomic mass is 10.2. The van der Waals surface area contributed by atoms with Crippen LogP contribution in [0.1, 0.15) is 12.6 Å². The number of halogens is 1. The van der Waals surface area contributed by atoms with Gasteiger partial charge < -0.3 is 20.1 Å². The Hall–Kier alpha value is -3.55. The van der Waals surface area contributed by atoms with Gasteiger partial charge in [-0.15, -0.1) is 0 Å². The van der Waals surface area contributed by atoms with Gasteiger partial charge in [0.05, 0.1) is 25.6 Å². The third kappa shape index (κ3) is 5.50. The average molecular weight is 411 g/mol. The molecule has 7 nitrogen and oxygen atoms in total. The van der Waals surface area contributed by atoms with Crippen LogP contribution >= 0.6 is 0 Å². The molecule has 2 aromatic carbocycles. The minimum atomic E-state index is -0.265. The molecule has 0 aliphatic rings. The van der Waals surface area contributed by atoms with Gasteiger partial charge in [-0.2, -0.15) is 5.10 Å². The summed E-state index contributed by atoms with van der Waals surface area (Å²) in [5, 5.41) is 11.0. The van der Waals surface area contributed by atoms with Crippen LogP contribution in [0.15, 0.2) is 59.7 Å². The van der Waals surface area contributed by atoms with E-state index in [9.17, 15) is 4.39 Å². The molecule has 0 saturated heterocycles. The van der Waals surface area contributed by atoms with Crippen molar-refractivity contribution in [3.8, 4) is 17.2 Å². The Morgan fingerprint density at radius 1 is 1.07 bits per heavy atom. The first-order valence-electron chi connectivity index (χ1n) is 9.70. The Bertz CT molecular complexity index is 985. The summed E-state index contributed by atoms with van der Waals surface area (Å²) in [4.78, 5) is 4.62. The highest BCUT2D eigenvalue weighted by molar-refractivity contribution is 5.93. The second-order valence-corrected chi connectivity index (χ2v) is 6.43. The zero-order valence-corrected chi connectivity index (χ0v) is 17.4. The molecule has 3 aromatic rings. The van der Waals surface area contributed by atoms with E-state index in [1.54, 1.807) is 31.0 Å². The van der Waals surface area contributed by atoms with Gasteiger partial charge in [-0.3, -0.25) is 4.99 Å². The van der Waals surface area contributed by atoms with Crippen molar-refractivity contribution in [1.29, 1.82) is 0 Å². The fourth-order valence-corrected chi connectivity index (χ4v) is 2.87. The van der Waals surface area contributed by atoms with Crippen molar-refractivity contribution in [2.75, 3.05) is 32.6 Å². The molecule has 0 unspecified atom stereocenters. The number of nitrogens with one attached hydrogen (secondary N) is 2. The van der Waals surface area contributed by atoms with Gasteiger partial charge in [0.1, 0.15) is 5.82 Å². The molecule has 2 N–H and O–H groups in total. The third-order valence-corrected chi connectivity index (χ3v) is 4.36. The van der Waals surface area contributed by atoms with Gasteiger partial charge in [0.15, 0.2) is 17.5 Å². The van der Waals surface area contributed by atoms with Crippen LogP contribution in [0, 0.1) is 5.82 Å². The lowest BCUT2D eigenvalue weighted by molar-refractivity contribution is 0.355. The number of anilines is 1. The number of methoxy groups -OCH3 is 2. The lowest BCUT2D eigenvalue weighted by Gasteiger charge is -2.13. The highest BCUT2D eigenvalue weighted by Crippen LogP contribution is 2.29. The first kappa shape index (κ1) is 21.2. The zero-order valence-electron chi connectivity index (χ0n) is 17.4.